The molecule has 1 aliphatic carbocycles. The molecule has 0 aromatic rings. The molecule has 4 nitrogen and oxygen atoms in total. The van der Waals surface area contributed by atoms with Gasteiger partial charge in [0.05, 0.1) is 0 Å². The van der Waals surface area contributed by atoms with Gasteiger partial charge >= 0.3 is 0 Å². The minimum Gasteiger partial charge on any atom is -0.336 e. The Kier molecular flexibility index (Phi) is 2.54. The maximum atomic E-state index is 11.6. The van der Waals surface area contributed by atoms with E-state index in [1.54, 1.807) is 4.90 Å². The molecule has 2 rings (SSSR count). The fraction of sp³-hybridized carbons (Fsp3) is 0.800. The van der Waals surface area contributed by atoms with Crippen molar-refractivity contribution in [3.8, 4) is 0 Å². The van der Waals surface area contributed by atoms with Crippen LogP contribution in [0, 0.1) is 5.92 Å². The smallest absolute Gasteiger partial charge is 0.290 e. The molecule has 0 atom stereocenters. The van der Waals surface area contributed by atoms with Crippen LogP contribution in [0.15, 0.2) is 0 Å². The fourth-order valence-corrected chi connectivity index (χ4v) is 1.78. The first kappa shape index (κ1) is 9.65. The number of carbonyl (C=O) groups is 2. The Labute approximate surface area is 83.4 Å². The minimum atomic E-state index is -0.278. The van der Waals surface area contributed by atoms with Crippen molar-refractivity contribution in [2.75, 3.05) is 13.1 Å². The molecule has 2 aliphatic rings. The summed E-state index contributed by atoms with van der Waals surface area (Å²) in [6, 6.07) is 0.204. The van der Waals surface area contributed by atoms with Crippen LogP contribution in [0.2, 0.25) is 0 Å². The van der Waals surface area contributed by atoms with Crippen LogP contribution < -0.4 is 5.73 Å². The number of hydrogen-bond acceptors (Lipinski definition) is 3. The third-order valence-electron chi connectivity index (χ3n) is 2.99. The van der Waals surface area contributed by atoms with E-state index in [1.807, 2.05) is 0 Å². The van der Waals surface area contributed by atoms with Gasteiger partial charge in [-0.2, -0.15) is 0 Å². The van der Waals surface area contributed by atoms with Gasteiger partial charge in [0.15, 0.2) is 0 Å². The fourth-order valence-electron chi connectivity index (χ4n) is 1.78. The molecule has 2 fully saturated rings. The van der Waals surface area contributed by atoms with Crippen molar-refractivity contribution in [1.82, 2.24) is 4.90 Å². The van der Waals surface area contributed by atoms with Gasteiger partial charge in [-0.1, -0.05) is 0 Å². The Balaban J connectivity index is 1.88. The molecule has 0 radical (unpaired) electrons. The number of piperidine rings is 1. The van der Waals surface area contributed by atoms with Crippen molar-refractivity contribution in [3.05, 3.63) is 0 Å². The van der Waals surface area contributed by atoms with E-state index in [2.05, 4.69) is 0 Å². The highest BCUT2D eigenvalue weighted by atomic mass is 16.2. The Hall–Kier alpha value is -0.900. The molecule has 0 bridgehead atoms. The highest BCUT2D eigenvalue weighted by Gasteiger charge is 2.37. The van der Waals surface area contributed by atoms with Gasteiger partial charge in [-0.3, -0.25) is 9.59 Å². The van der Waals surface area contributed by atoms with Crippen LogP contribution in [0.5, 0.6) is 0 Å². The molecule has 2 N–H and O–H groups in total. The summed E-state index contributed by atoms with van der Waals surface area (Å²) in [5.74, 6) is -0.419. The number of carbonyl (C=O) groups excluding carboxylic acids is 2. The summed E-state index contributed by atoms with van der Waals surface area (Å²) in [4.78, 5) is 24.7. The van der Waals surface area contributed by atoms with Crippen LogP contribution in [0.3, 0.4) is 0 Å². The Morgan fingerprint density at radius 2 is 1.64 bits per heavy atom. The molecule has 0 aromatic carbocycles. The summed E-state index contributed by atoms with van der Waals surface area (Å²) < 4.78 is 0. The average Bonchev–Trinajstić information content (AvgIpc) is 3.00. The van der Waals surface area contributed by atoms with Crippen molar-refractivity contribution in [1.29, 1.82) is 0 Å². The number of hydrogen-bond donors (Lipinski definition) is 1. The Morgan fingerprint density at radius 1 is 1.07 bits per heavy atom. The molecule has 1 amide bonds. The van der Waals surface area contributed by atoms with E-state index in [9.17, 15) is 9.59 Å². The summed E-state index contributed by atoms with van der Waals surface area (Å²) in [5.41, 5.74) is 5.72. The lowest BCUT2D eigenvalue weighted by Gasteiger charge is -2.29. The van der Waals surface area contributed by atoms with E-state index in [1.165, 1.54) is 0 Å². The van der Waals surface area contributed by atoms with Gasteiger partial charge in [0.2, 0.25) is 5.78 Å². The predicted octanol–water partition coefficient (Wildman–Crippen LogP) is -0.0848. The van der Waals surface area contributed by atoms with Crippen LogP contribution in [-0.4, -0.2) is 35.7 Å². The zero-order valence-electron chi connectivity index (χ0n) is 8.24. The normalized spacial score (nSPS) is 23.6. The average molecular weight is 196 g/mol. The molecule has 4 heteroatoms. The standard InChI is InChI=1S/C10H16N2O2/c11-8-3-5-12(6-4-8)10(14)9(13)7-1-2-7/h7-8H,1-6,11H2. The summed E-state index contributed by atoms with van der Waals surface area (Å²) >= 11 is 0. The van der Waals surface area contributed by atoms with E-state index in [0.29, 0.717) is 13.1 Å². The van der Waals surface area contributed by atoms with Crippen LogP contribution in [0.25, 0.3) is 0 Å². The first-order valence-electron chi connectivity index (χ1n) is 5.27. The Bertz CT molecular complexity index is 253. The largest absolute Gasteiger partial charge is 0.336 e. The van der Waals surface area contributed by atoms with Gasteiger partial charge < -0.3 is 10.6 Å². The third kappa shape index (κ3) is 1.95. The molecule has 1 heterocycles. The highest BCUT2D eigenvalue weighted by Crippen LogP contribution is 2.30. The number of ketones is 1. The Morgan fingerprint density at radius 3 is 2.14 bits per heavy atom. The van der Waals surface area contributed by atoms with Crippen LogP contribution in [0.1, 0.15) is 25.7 Å². The van der Waals surface area contributed by atoms with Crippen molar-refractivity contribution in [2.24, 2.45) is 11.7 Å². The van der Waals surface area contributed by atoms with E-state index in [4.69, 9.17) is 5.73 Å². The van der Waals surface area contributed by atoms with Crippen molar-refractivity contribution >= 4 is 11.7 Å². The van der Waals surface area contributed by atoms with E-state index in [0.717, 1.165) is 25.7 Å². The maximum absolute atomic E-state index is 11.6. The summed E-state index contributed by atoms with van der Waals surface area (Å²) in [7, 11) is 0. The number of rotatable bonds is 2. The van der Waals surface area contributed by atoms with Gasteiger partial charge in [0.1, 0.15) is 0 Å². The lowest BCUT2D eigenvalue weighted by atomic mass is 10.1. The van der Waals surface area contributed by atoms with Crippen molar-refractivity contribution in [3.63, 3.8) is 0 Å². The maximum Gasteiger partial charge on any atom is 0.290 e. The monoisotopic (exact) mass is 196 g/mol. The second kappa shape index (κ2) is 3.69. The number of nitrogens with zero attached hydrogens (tertiary/aromatic N) is 1. The lowest BCUT2D eigenvalue weighted by molar-refractivity contribution is -0.146. The minimum absolute atomic E-state index is 0.0399. The second-order valence-corrected chi connectivity index (χ2v) is 4.27. The van der Waals surface area contributed by atoms with E-state index < -0.39 is 0 Å². The zero-order chi connectivity index (χ0) is 10.1. The molecule has 1 saturated heterocycles. The van der Waals surface area contributed by atoms with Gasteiger partial charge in [-0.25, -0.2) is 0 Å². The first-order valence-corrected chi connectivity index (χ1v) is 5.27. The number of Topliss-reactive ketones (excluding diaryl/α,β-unsaturated/α-hetero) is 1. The number of likely N-dealkylation sites (tertiary alicyclic amines) is 1. The highest BCUT2D eigenvalue weighted by molar-refractivity contribution is 6.37. The van der Waals surface area contributed by atoms with Crippen LogP contribution in [-0.2, 0) is 9.59 Å². The van der Waals surface area contributed by atoms with Gasteiger partial charge in [-0.05, 0) is 25.7 Å². The van der Waals surface area contributed by atoms with E-state index in [-0.39, 0.29) is 23.7 Å². The lowest BCUT2D eigenvalue weighted by Crippen LogP contribution is -2.45. The second-order valence-electron chi connectivity index (χ2n) is 4.27. The predicted molar refractivity (Wildman–Crippen MR) is 51.5 cm³/mol. The van der Waals surface area contributed by atoms with E-state index >= 15 is 0 Å². The quantitative estimate of drug-likeness (QED) is 0.628. The molecule has 0 unspecified atom stereocenters. The van der Waals surface area contributed by atoms with Gasteiger partial charge in [-0.15, -0.1) is 0 Å². The molecule has 0 spiro atoms. The molecule has 0 aromatic heterocycles. The molecule has 78 valence electrons. The molecule has 1 saturated carbocycles. The van der Waals surface area contributed by atoms with Gasteiger partial charge in [0, 0.05) is 25.0 Å². The number of amides is 1. The SMILES string of the molecule is NC1CCN(C(=O)C(=O)C2CC2)CC1. The molecule has 14 heavy (non-hydrogen) atoms. The topological polar surface area (TPSA) is 63.4 Å². The zero-order valence-corrected chi connectivity index (χ0v) is 8.24. The van der Waals surface area contributed by atoms with Crippen LogP contribution >= 0.6 is 0 Å². The summed E-state index contributed by atoms with van der Waals surface area (Å²) in [6.45, 7) is 1.30. The molecular formula is C10H16N2O2. The third-order valence-corrected chi connectivity index (χ3v) is 2.99. The van der Waals surface area contributed by atoms with Crippen molar-refractivity contribution in [2.45, 2.75) is 31.7 Å². The summed E-state index contributed by atoms with van der Waals surface area (Å²) in [6.07, 6.45) is 3.45. The summed E-state index contributed by atoms with van der Waals surface area (Å²) in [5, 5.41) is 0. The van der Waals surface area contributed by atoms with Gasteiger partial charge in [0.25, 0.3) is 5.91 Å². The molecular weight excluding hydrogens is 180 g/mol. The van der Waals surface area contributed by atoms with Crippen LogP contribution in [0.4, 0.5) is 0 Å². The van der Waals surface area contributed by atoms with Crippen molar-refractivity contribution < 1.29 is 9.59 Å². The first-order chi connectivity index (χ1) is 6.68. The number of nitrogens with two attached hydrogens (primary N) is 1. The molecule has 1 aliphatic heterocycles.